The van der Waals surface area contributed by atoms with Gasteiger partial charge in [-0.1, -0.05) is 11.6 Å². The van der Waals surface area contributed by atoms with E-state index in [2.05, 4.69) is 5.48 Å². The van der Waals surface area contributed by atoms with Crippen molar-refractivity contribution >= 4 is 34.8 Å². The molecule has 144 valence electrons. The largest absolute Gasteiger partial charge is 0.497 e. The van der Waals surface area contributed by atoms with Gasteiger partial charge in [0, 0.05) is 16.7 Å². The summed E-state index contributed by atoms with van der Waals surface area (Å²) in [5.74, 6) is 0.365. The van der Waals surface area contributed by atoms with Crippen LogP contribution in [0.4, 0.5) is 5.69 Å². The number of hydroxylamine groups is 1. The minimum Gasteiger partial charge on any atom is -0.497 e. The zero-order valence-electron chi connectivity index (χ0n) is 15.2. The smallest absolute Gasteiger partial charge is 0.273 e. The van der Waals surface area contributed by atoms with Crippen LogP contribution in [0, 0.1) is 0 Å². The molecule has 8 heteroatoms. The lowest BCUT2D eigenvalue weighted by atomic mass is 9.99. The zero-order valence-corrected chi connectivity index (χ0v) is 15.9. The van der Waals surface area contributed by atoms with Crippen molar-refractivity contribution in [1.82, 2.24) is 5.48 Å². The number of nitrogens with zero attached hydrogens (tertiary/aromatic N) is 1. The summed E-state index contributed by atoms with van der Waals surface area (Å²) in [6.07, 6.45) is 1.51. The van der Waals surface area contributed by atoms with Crippen molar-refractivity contribution in [2.45, 2.75) is 12.0 Å². The first kappa shape index (κ1) is 18.3. The predicted molar refractivity (Wildman–Crippen MR) is 103 cm³/mol. The number of halogens is 1. The lowest BCUT2D eigenvalue weighted by molar-refractivity contribution is -0.136. The molecule has 0 bridgehead atoms. The Labute approximate surface area is 166 Å². The van der Waals surface area contributed by atoms with Crippen LogP contribution in [0.1, 0.15) is 12.0 Å². The number of amides is 2. The van der Waals surface area contributed by atoms with Gasteiger partial charge >= 0.3 is 0 Å². The van der Waals surface area contributed by atoms with E-state index in [1.54, 1.807) is 55.7 Å². The molecule has 28 heavy (non-hydrogen) atoms. The quantitative estimate of drug-likeness (QED) is 0.795. The number of carbonyl (C=O) groups excluding carboxylic acids is 2. The van der Waals surface area contributed by atoms with Crippen molar-refractivity contribution in [3.05, 3.63) is 59.1 Å². The molecular formula is C20H17ClN2O5. The van der Waals surface area contributed by atoms with Crippen LogP contribution in [0.15, 0.2) is 48.5 Å². The highest BCUT2D eigenvalue weighted by Gasteiger charge is 2.55. The van der Waals surface area contributed by atoms with Gasteiger partial charge in [-0.25, -0.2) is 4.90 Å². The molecule has 2 aromatic carbocycles. The Morgan fingerprint density at radius 1 is 1.11 bits per heavy atom. The second-order valence-electron chi connectivity index (χ2n) is 6.41. The van der Waals surface area contributed by atoms with Crippen LogP contribution in [0.25, 0.3) is 5.70 Å². The van der Waals surface area contributed by atoms with E-state index in [0.717, 1.165) is 4.90 Å². The third-order valence-electron chi connectivity index (χ3n) is 4.73. The molecule has 1 fully saturated rings. The Morgan fingerprint density at radius 2 is 1.86 bits per heavy atom. The van der Waals surface area contributed by atoms with Crippen LogP contribution in [-0.4, -0.2) is 31.6 Å². The fourth-order valence-electron chi connectivity index (χ4n) is 3.32. The molecule has 0 saturated carbocycles. The van der Waals surface area contributed by atoms with Crippen molar-refractivity contribution in [1.29, 1.82) is 0 Å². The van der Waals surface area contributed by atoms with E-state index in [4.69, 9.17) is 25.9 Å². The van der Waals surface area contributed by atoms with Gasteiger partial charge in [0.2, 0.25) is 11.5 Å². The first-order valence-electron chi connectivity index (χ1n) is 8.49. The highest BCUT2D eigenvalue weighted by atomic mass is 35.5. The number of benzene rings is 2. The van der Waals surface area contributed by atoms with Crippen molar-refractivity contribution in [3.63, 3.8) is 0 Å². The average Bonchev–Trinajstić information content (AvgIpc) is 3.23. The third kappa shape index (κ3) is 2.89. The number of rotatable bonds is 4. The molecule has 2 amide bonds. The molecule has 0 unspecified atom stereocenters. The summed E-state index contributed by atoms with van der Waals surface area (Å²) < 4.78 is 10.6. The van der Waals surface area contributed by atoms with E-state index < -0.39 is 11.5 Å². The van der Waals surface area contributed by atoms with Gasteiger partial charge in [0.1, 0.15) is 11.5 Å². The highest BCUT2D eigenvalue weighted by Crippen LogP contribution is 2.40. The minimum absolute atomic E-state index is 0.108. The third-order valence-corrected chi connectivity index (χ3v) is 4.98. The number of anilines is 1. The van der Waals surface area contributed by atoms with Crippen LogP contribution >= 0.6 is 11.6 Å². The number of hydrogen-bond acceptors (Lipinski definition) is 6. The summed E-state index contributed by atoms with van der Waals surface area (Å²) in [5.41, 5.74) is 3.04. The molecule has 1 spiro atoms. The van der Waals surface area contributed by atoms with Crippen molar-refractivity contribution < 1.29 is 23.9 Å². The average molecular weight is 401 g/mol. The number of ether oxygens (including phenoxy) is 2. The number of nitrogens with one attached hydrogen (secondary N) is 1. The second kappa shape index (κ2) is 6.85. The van der Waals surface area contributed by atoms with E-state index in [9.17, 15) is 9.59 Å². The molecule has 1 N–H and O–H groups in total. The Morgan fingerprint density at radius 3 is 2.54 bits per heavy atom. The molecule has 4 rings (SSSR count). The van der Waals surface area contributed by atoms with Crippen LogP contribution in [0.3, 0.4) is 0 Å². The fraction of sp³-hybridized carbons (Fsp3) is 0.200. The lowest BCUT2D eigenvalue weighted by Crippen LogP contribution is -2.40. The first-order valence-corrected chi connectivity index (χ1v) is 8.87. The molecule has 1 saturated heterocycles. The van der Waals surface area contributed by atoms with Gasteiger partial charge in [0.15, 0.2) is 0 Å². The van der Waals surface area contributed by atoms with Gasteiger partial charge < -0.3 is 9.47 Å². The fourth-order valence-corrected chi connectivity index (χ4v) is 3.44. The minimum atomic E-state index is -1.41. The predicted octanol–water partition coefficient (Wildman–Crippen LogP) is 2.94. The molecule has 1 atom stereocenters. The number of imide groups is 1. The standard InChI is InChI=1S/C20H17ClN2O5/c1-26-14-7-8-15(17(9-14)27-2)16-10-20(28-22-16)11-18(24)23(19(20)25)13-5-3-12(21)4-6-13/h3-10,22H,11H2,1-2H3/t20-/m1/s1. The molecule has 2 aromatic rings. The summed E-state index contributed by atoms with van der Waals surface area (Å²) in [7, 11) is 3.10. The summed E-state index contributed by atoms with van der Waals surface area (Å²) in [4.78, 5) is 32.4. The molecule has 2 aliphatic rings. The molecule has 7 nitrogen and oxygen atoms in total. The Bertz CT molecular complexity index is 989. The van der Waals surface area contributed by atoms with Gasteiger partial charge in [-0.15, -0.1) is 0 Å². The van der Waals surface area contributed by atoms with E-state index in [1.807, 2.05) is 0 Å². The van der Waals surface area contributed by atoms with Gasteiger partial charge in [0.25, 0.3) is 5.91 Å². The maximum Gasteiger partial charge on any atom is 0.273 e. The van der Waals surface area contributed by atoms with Crippen LogP contribution in [0.2, 0.25) is 5.02 Å². The van der Waals surface area contributed by atoms with E-state index in [0.29, 0.717) is 33.5 Å². The summed E-state index contributed by atoms with van der Waals surface area (Å²) in [5, 5.41) is 0.519. The molecule has 0 radical (unpaired) electrons. The summed E-state index contributed by atoms with van der Waals surface area (Å²) >= 11 is 5.90. The topological polar surface area (TPSA) is 77.1 Å². The molecule has 2 aliphatic heterocycles. The highest BCUT2D eigenvalue weighted by molar-refractivity contribution is 6.31. The number of carbonyl (C=O) groups is 2. The summed E-state index contributed by atoms with van der Waals surface area (Å²) in [6, 6.07) is 11.8. The maximum absolute atomic E-state index is 13.1. The second-order valence-corrected chi connectivity index (χ2v) is 6.84. The maximum atomic E-state index is 13.1. The van der Waals surface area contributed by atoms with Crippen molar-refractivity contribution in [2.75, 3.05) is 19.1 Å². The monoisotopic (exact) mass is 400 g/mol. The summed E-state index contributed by atoms with van der Waals surface area (Å²) in [6.45, 7) is 0. The Hall–Kier alpha value is -3.03. The van der Waals surface area contributed by atoms with E-state index in [1.165, 1.54) is 7.11 Å². The first-order chi connectivity index (χ1) is 13.5. The van der Waals surface area contributed by atoms with Crippen LogP contribution < -0.4 is 19.9 Å². The lowest BCUT2D eigenvalue weighted by Gasteiger charge is -2.18. The Balaban J connectivity index is 1.69. The van der Waals surface area contributed by atoms with E-state index in [-0.39, 0.29) is 12.3 Å². The number of methoxy groups -OCH3 is 2. The molecule has 0 aromatic heterocycles. The normalized spacial score (nSPS) is 21.1. The van der Waals surface area contributed by atoms with Gasteiger partial charge in [-0.3, -0.25) is 19.9 Å². The Kier molecular flexibility index (Phi) is 4.49. The molecule has 0 aliphatic carbocycles. The van der Waals surface area contributed by atoms with Crippen molar-refractivity contribution in [3.8, 4) is 11.5 Å². The van der Waals surface area contributed by atoms with Gasteiger partial charge in [-0.2, -0.15) is 0 Å². The molecule has 2 heterocycles. The zero-order chi connectivity index (χ0) is 19.9. The molecular weight excluding hydrogens is 384 g/mol. The van der Waals surface area contributed by atoms with Crippen LogP contribution in [-0.2, 0) is 14.4 Å². The van der Waals surface area contributed by atoms with Crippen LogP contribution in [0.5, 0.6) is 11.5 Å². The van der Waals surface area contributed by atoms with E-state index >= 15 is 0 Å². The number of hydrogen-bond donors (Lipinski definition) is 1. The van der Waals surface area contributed by atoms with Gasteiger partial charge in [-0.05, 0) is 42.5 Å². The van der Waals surface area contributed by atoms with Gasteiger partial charge in [0.05, 0.1) is 32.0 Å². The SMILES string of the molecule is COc1ccc(C2=C[C@]3(CC(=O)N(c4ccc(Cl)cc4)C3=O)ON2)c(OC)c1. The van der Waals surface area contributed by atoms with Crippen molar-refractivity contribution in [2.24, 2.45) is 0 Å².